The Balaban J connectivity index is 1.92. The van der Waals surface area contributed by atoms with Crippen molar-refractivity contribution in [2.75, 3.05) is 7.11 Å². The lowest BCUT2D eigenvalue weighted by Gasteiger charge is -2.06. The van der Waals surface area contributed by atoms with E-state index >= 15 is 0 Å². The van der Waals surface area contributed by atoms with Crippen LogP contribution in [0.3, 0.4) is 0 Å². The van der Waals surface area contributed by atoms with Crippen molar-refractivity contribution < 1.29 is 9.84 Å². The van der Waals surface area contributed by atoms with Crippen LogP contribution in [0.5, 0.6) is 11.5 Å². The van der Waals surface area contributed by atoms with Crippen LogP contribution in [0.15, 0.2) is 50.9 Å². The summed E-state index contributed by atoms with van der Waals surface area (Å²) >= 11 is 4.52. The first-order valence-electron chi connectivity index (χ1n) is 6.91. The minimum atomic E-state index is 0.0260. The van der Waals surface area contributed by atoms with Crippen molar-refractivity contribution >= 4 is 44.8 Å². The minimum Gasteiger partial charge on any atom is -0.503 e. The zero-order valence-electron chi connectivity index (χ0n) is 12.6. The highest BCUT2D eigenvalue weighted by atomic mass is 79.9. The smallest absolute Gasteiger partial charge is 0.172 e. The van der Waals surface area contributed by atoms with Crippen LogP contribution in [0.4, 0.5) is 0 Å². The highest BCUT2D eigenvalue weighted by Crippen LogP contribution is 2.36. The molecule has 0 unspecified atom stereocenters. The van der Waals surface area contributed by atoms with Gasteiger partial charge in [-0.25, -0.2) is 4.98 Å². The predicted molar refractivity (Wildman–Crippen MR) is 97.9 cm³/mol. The number of imidazole rings is 1. The molecule has 0 bridgehead atoms. The van der Waals surface area contributed by atoms with Gasteiger partial charge in [-0.2, -0.15) is 5.26 Å². The number of thioether (sulfide) groups is 1. The fourth-order valence-electron chi connectivity index (χ4n) is 2.15. The summed E-state index contributed by atoms with van der Waals surface area (Å²) in [5.41, 5.74) is 2.51. The molecule has 2 N–H and O–H groups in total. The molecule has 0 spiro atoms. The first-order chi connectivity index (χ1) is 11.6. The number of aromatic nitrogens is 2. The van der Waals surface area contributed by atoms with Gasteiger partial charge in [0.25, 0.3) is 0 Å². The minimum absolute atomic E-state index is 0.0260. The summed E-state index contributed by atoms with van der Waals surface area (Å²) in [5, 5.41) is 19.9. The van der Waals surface area contributed by atoms with Gasteiger partial charge in [-0.15, -0.1) is 0 Å². The Bertz CT molecular complexity index is 943. The topological polar surface area (TPSA) is 81.9 Å². The van der Waals surface area contributed by atoms with Gasteiger partial charge in [0.1, 0.15) is 6.07 Å². The van der Waals surface area contributed by atoms with E-state index in [0.717, 1.165) is 16.6 Å². The van der Waals surface area contributed by atoms with E-state index in [1.54, 1.807) is 18.2 Å². The van der Waals surface area contributed by atoms with E-state index in [1.807, 2.05) is 24.3 Å². The van der Waals surface area contributed by atoms with Crippen molar-refractivity contribution in [3.05, 3.63) is 51.3 Å². The Labute approximate surface area is 151 Å². The molecule has 3 rings (SSSR count). The predicted octanol–water partition coefficient (Wildman–Crippen LogP) is 4.70. The van der Waals surface area contributed by atoms with Crippen molar-refractivity contribution in [2.45, 2.75) is 5.16 Å². The van der Waals surface area contributed by atoms with Gasteiger partial charge in [0.15, 0.2) is 16.7 Å². The number of halogens is 1. The number of H-pyrrole nitrogens is 1. The molecule has 2 aromatic carbocycles. The fraction of sp³-hybridized carbons (Fsp3) is 0.0588. The van der Waals surface area contributed by atoms with Crippen LogP contribution >= 0.6 is 27.7 Å². The highest BCUT2D eigenvalue weighted by molar-refractivity contribution is 9.10. The lowest BCUT2D eigenvalue weighted by Crippen LogP contribution is -1.86. The van der Waals surface area contributed by atoms with E-state index < -0.39 is 0 Å². The van der Waals surface area contributed by atoms with E-state index in [4.69, 9.17) is 4.74 Å². The Morgan fingerprint density at radius 1 is 1.42 bits per heavy atom. The van der Waals surface area contributed by atoms with Gasteiger partial charge in [-0.05, 0) is 63.6 Å². The molecule has 5 nitrogen and oxygen atoms in total. The molecule has 0 saturated heterocycles. The zero-order valence-corrected chi connectivity index (χ0v) is 15.0. The summed E-state index contributed by atoms with van der Waals surface area (Å²) in [5.74, 6) is 0.361. The third kappa shape index (κ3) is 3.40. The number of benzene rings is 2. The monoisotopic (exact) mass is 401 g/mol. The van der Waals surface area contributed by atoms with E-state index in [0.29, 0.717) is 20.3 Å². The largest absolute Gasteiger partial charge is 0.503 e. The summed E-state index contributed by atoms with van der Waals surface area (Å²) in [6.07, 6.45) is 1.71. The maximum atomic E-state index is 9.85. The fourth-order valence-corrected chi connectivity index (χ4v) is 3.36. The van der Waals surface area contributed by atoms with Crippen molar-refractivity contribution in [1.29, 1.82) is 5.26 Å². The van der Waals surface area contributed by atoms with Crippen LogP contribution in [0.2, 0.25) is 0 Å². The number of ether oxygens (including phenoxy) is 1. The molecular weight excluding hydrogens is 390 g/mol. The Morgan fingerprint density at radius 3 is 2.92 bits per heavy atom. The number of aromatic amines is 1. The van der Waals surface area contributed by atoms with Crippen LogP contribution in [0, 0.1) is 11.3 Å². The number of hydrogen-bond donors (Lipinski definition) is 2. The van der Waals surface area contributed by atoms with Gasteiger partial charge < -0.3 is 14.8 Å². The quantitative estimate of drug-likeness (QED) is 0.489. The van der Waals surface area contributed by atoms with Crippen LogP contribution < -0.4 is 4.74 Å². The van der Waals surface area contributed by atoms with E-state index in [2.05, 4.69) is 32.0 Å². The van der Waals surface area contributed by atoms with Gasteiger partial charge in [-0.1, -0.05) is 12.1 Å². The van der Waals surface area contributed by atoms with E-state index in [-0.39, 0.29) is 5.75 Å². The van der Waals surface area contributed by atoms with Crippen molar-refractivity contribution in [1.82, 2.24) is 9.97 Å². The summed E-state index contributed by atoms with van der Waals surface area (Å²) in [7, 11) is 1.48. The summed E-state index contributed by atoms with van der Waals surface area (Å²) in [6, 6.07) is 13.2. The Morgan fingerprint density at radius 2 is 2.21 bits per heavy atom. The number of nitrogens with one attached hydrogen (secondary N) is 1. The van der Waals surface area contributed by atoms with Gasteiger partial charge in [0, 0.05) is 0 Å². The molecule has 0 aliphatic rings. The molecule has 0 saturated carbocycles. The Hall–Kier alpha value is -2.43. The molecule has 1 aromatic heterocycles. The number of phenols is 1. The molecule has 0 amide bonds. The normalized spacial score (nSPS) is 11.5. The van der Waals surface area contributed by atoms with Crippen LogP contribution in [0.25, 0.3) is 17.1 Å². The maximum Gasteiger partial charge on any atom is 0.172 e. The van der Waals surface area contributed by atoms with Crippen LogP contribution in [-0.2, 0) is 0 Å². The number of methoxy groups -OCH3 is 1. The van der Waals surface area contributed by atoms with Crippen LogP contribution in [-0.4, -0.2) is 22.2 Å². The number of rotatable bonds is 4. The summed E-state index contributed by atoms with van der Waals surface area (Å²) in [4.78, 5) is 8.09. The third-order valence-corrected chi connectivity index (χ3v) is 4.67. The first kappa shape index (κ1) is 16.4. The second-order valence-electron chi connectivity index (χ2n) is 4.84. The molecule has 120 valence electrons. The third-order valence-electron chi connectivity index (χ3n) is 3.25. The Kier molecular flexibility index (Phi) is 4.79. The molecule has 0 aliphatic carbocycles. The molecular formula is C17H12BrN3O2S. The zero-order chi connectivity index (χ0) is 17.1. The molecule has 0 atom stereocenters. The number of fused-ring (bicyclic) bond motifs is 1. The summed E-state index contributed by atoms with van der Waals surface area (Å²) < 4.78 is 5.62. The van der Waals surface area contributed by atoms with Gasteiger partial charge in [0.2, 0.25) is 0 Å². The van der Waals surface area contributed by atoms with E-state index in [1.165, 1.54) is 18.9 Å². The van der Waals surface area contributed by atoms with E-state index in [9.17, 15) is 10.4 Å². The molecule has 3 aromatic rings. The summed E-state index contributed by atoms with van der Waals surface area (Å²) in [6.45, 7) is 0. The molecule has 0 aliphatic heterocycles. The van der Waals surface area contributed by atoms with Crippen LogP contribution in [0.1, 0.15) is 5.56 Å². The lowest BCUT2D eigenvalue weighted by molar-refractivity contribution is 0.372. The van der Waals surface area contributed by atoms with Gasteiger partial charge >= 0.3 is 0 Å². The lowest BCUT2D eigenvalue weighted by atomic mass is 10.2. The number of para-hydroxylation sites is 2. The molecule has 0 radical (unpaired) electrons. The molecule has 0 fully saturated rings. The SMILES string of the molecule is COc1cc(/C=C(\C#N)Sc2nc3ccccc3[nH]2)cc(Br)c1O. The average molecular weight is 402 g/mol. The molecule has 1 heterocycles. The maximum absolute atomic E-state index is 9.85. The number of hydrogen-bond acceptors (Lipinski definition) is 5. The second kappa shape index (κ2) is 6.99. The number of nitriles is 1. The number of phenolic OH excluding ortho intramolecular Hbond substituents is 1. The first-order valence-corrected chi connectivity index (χ1v) is 8.52. The second-order valence-corrected chi connectivity index (χ2v) is 6.72. The van der Waals surface area contributed by atoms with Gasteiger partial charge in [-0.3, -0.25) is 0 Å². The molecule has 24 heavy (non-hydrogen) atoms. The standard InChI is InChI=1S/C17H12BrN3O2S/c1-23-15-8-10(7-12(18)16(15)22)6-11(9-19)24-17-20-13-4-2-3-5-14(13)21-17/h2-8,22H,1H3,(H,20,21)/b11-6+. The van der Waals surface area contributed by atoms with Crippen molar-refractivity contribution in [2.24, 2.45) is 0 Å². The highest BCUT2D eigenvalue weighted by Gasteiger charge is 2.10. The number of allylic oxidation sites excluding steroid dienone is 1. The number of nitrogens with zero attached hydrogens (tertiary/aromatic N) is 2. The van der Waals surface area contributed by atoms with Crippen molar-refractivity contribution in [3.8, 4) is 17.6 Å². The van der Waals surface area contributed by atoms with Gasteiger partial charge in [0.05, 0.1) is 27.5 Å². The average Bonchev–Trinajstić information content (AvgIpc) is 2.99. The van der Waals surface area contributed by atoms with Crippen molar-refractivity contribution in [3.63, 3.8) is 0 Å². The molecule has 7 heteroatoms. The number of aromatic hydroxyl groups is 1.